The molecule has 4 nitrogen and oxygen atoms in total. The zero-order chi connectivity index (χ0) is 17.9. The molecule has 0 saturated carbocycles. The normalized spacial score (nSPS) is 20.7. The minimum atomic E-state index is -0.427. The van der Waals surface area contributed by atoms with Gasteiger partial charge in [0.2, 0.25) is 5.91 Å². The molecule has 1 N–H and O–H groups in total. The van der Waals surface area contributed by atoms with Crippen LogP contribution in [0.1, 0.15) is 44.5 Å². The second kappa shape index (κ2) is 8.26. The molecule has 2 rings (SSSR count). The Morgan fingerprint density at radius 1 is 1.25 bits per heavy atom. The molecule has 2 amide bonds. The Morgan fingerprint density at radius 2 is 1.88 bits per heavy atom. The molecule has 6 heteroatoms. The van der Waals surface area contributed by atoms with E-state index in [0.29, 0.717) is 22.3 Å². The molecule has 0 aromatic heterocycles. The van der Waals surface area contributed by atoms with E-state index in [1.54, 1.807) is 40.9 Å². The number of carbonyl (C=O) groups is 2. The Balaban J connectivity index is 2.26. The van der Waals surface area contributed by atoms with Gasteiger partial charge in [-0.1, -0.05) is 25.4 Å². The zero-order valence-corrected chi connectivity index (χ0v) is 16.2. The van der Waals surface area contributed by atoms with Gasteiger partial charge in [-0.3, -0.25) is 9.59 Å². The molecule has 1 fully saturated rings. The molecule has 24 heavy (non-hydrogen) atoms. The summed E-state index contributed by atoms with van der Waals surface area (Å²) in [4.78, 5) is 27.3. The first-order valence-electron chi connectivity index (χ1n) is 8.29. The summed E-state index contributed by atoms with van der Waals surface area (Å²) >= 11 is 7.60. The summed E-state index contributed by atoms with van der Waals surface area (Å²) in [5.41, 5.74) is 0.568. The number of halogens is 1. The first kappa shape index (κ1) is 19.1. The Kier molecular flexibility index (Phi) is 6.58. The van der Waals surface area contributed by atoms with Gasteiger partial charge in [-0.05, 0) is 50.5 Å². The second-order valence-electron chi connectivity index (χ2n) is 6.82. The molecule has 2 unspecified atom stereocenters. The minimum Gasteiger partial charge on any atom is -0.352 e. The maximum atomic E-state index is 13.0. The summed E-state index contributed by atoms with van der Waals surface area (Å²) in [5, 5.41) is 3.55. The molecule has 1 saturated heterocycles. The fourth-order valence-corrected chi connectivity index (χ4v) is 4.51. The maximum Gasteiger partial charge on any atom is 0.255 e. The fraction of sp³-hybridized carbons (Fsp3) is 0.556. The Bertz CT molecular complexity index is 589. The largest absolute Gasteiger partial charge is 0.352 e. The van der Waals surface area contributed by atoms with Crippen molar-refractivity contribution in [3.8, 4) is 0 Å². The molecule has 2 atom stereocenters. The Hall–Kier alpha value is -1.20. The monoisotopic (exact) mass is 368 g/mol. The van der Waals surface area contributed by atoms with Crippen LogP contribution in [0.3, 0.4) is 0 Å². The van der Waals surface area contributed by atoms with Crippen LogP contribution < -0.4 is 5.32 Å². The van der Waals surface area contributed by atoms with Crippen LogP contribution in [-0.2, 0) is 4.79 Å². The summed E-state index contributed by atoms with van der Waals surface area (Å²) in [7, 11) is 0. The molecule has 0 radical (unpaired) electrons. The smallest absolute Gasteiger partial charge is 0.255 e. The third kappa shape index (κ3) is 4.67. The number of carbonyl (C=O) groups excluding carboxylic acids is 2. The third-order valence-corrected chi connectivity index (χ3v) is 5.39. The van der Waals surface area contributed by atoms with Crippen molar-refractivity contribution in [1.29, 1.82) is 0 Å². The highest BCUT2D eigenvalue weighted by atomic mass is 35.5. The minimum absolute atomic E-state index is 0.0242. The van der Waals surface area contributed by atoms with E-state index in [-0.39, 0.29) is 23.2 Å². The van der Waals surface area contributed by atoms with Crippen LogP contribution in [-0.4, -0.2) is 39.9 Å². The number of thioether (sulfide) groups is 1. The molecule has 1 aliphatic heterocycles. The number of hydrogen-bond acceptors (Lipinski definition) is 3. The molecule has 1 aromatic carbocycles. The lowest BCUT2D eigenvalue weighted by Crippen LogP contribution is -2.51. The number of hydrogen-bond donors (Lipinski definition) is 1. The molecule has 0 spiro atoms. The molecular formula is C18H25ClN2O2S. The van der Waals surface area contributed by atoms with Crippen molar-refractivity contribution in [1.82, 2.24) is 10.2 Å². The van der Waals surface area contributed by atoms with E-state index in [9.17, 15) is 9.59 Å². The van der Waals surface area contributed by atoms with Crippen molar-refractivity contribution in [2.24, 2.45) is 5.92 Å². The Labute approximate surface area is 153 Å². The van der Waals surface area contributed by atoms with Gasteiger partial charge < -0.3 is 10.2 Å². The number of amides is 2. The first-order chi connectivity index (χ1) is 11.3. The van der Waals surface area contributed by atoms with E-state index < -0.39 is 6.04 Å². The summed E-state index contributed by atoms with van der Waals surface area (Å²) in [6.45, 7) is 8.12. The van der Waals surface area contributed by atoms with Crippen molar-refractivity contribution >= 4 is 35.2 Å². The summed E-state index contributed by atoms with van der Waals surface area (Å²) < 4.78 is 0. The molecular weight excluding hydrogens is 344 g/mol. The van der Waals surface area contributed by atoms with E-state index in [1.807, 2.05) is 13.8 Å². The van der Waals surface area contributed by atoms with E-state index in [1.165, 1.54) is 0 Å². The molecule has 0 bridgehead atoms. The van der Waals surface area contributed by atoms with Gasteiger partial charge in [0.15, 0.2) is 0 Å². The van der Waals surface area contributed by atoms with Gasteiger partial charge in [-0.15, -0.1) is 11.8 Å². The van der Waals surface area contributed by atoms with Gasteiger partial charge in [0, 0.05) is 22.4 Å². The number of nitrogens with one attached hydrogen (secondary N) is 1. The topological polar surface area (TPSA) is 49.4 Å². The van der Waals surface area contributed by atoms with Crippen molar-refractivity contribution in [2.75, 3.05) is 5.75 Å². The van der Waals surface area contributed by atoms with Crippen molar-refractivity contribution in [3.63, 3.8) is 0 Å². The van der Waals surface area contributed by atoms with Crippen molar-refractivity contribution in [3.05, 3.63) is 34.9 Å². The van der Waals surface area contributed by atoms with Crippen LogP contribution >= 0.6 is 23.4 Å². The average Bonchev–Trinajstić information content (AvgIpc) is 2.89. The second-order valence-corrected chi connectivity index (χ2v) is 8.46. The predicted molar refractivity (Wildman–Crippen MR) is 100 cm³/mol. The van der Waals surface area contributed by atoms with Gasteiger partial charge in [-0.2, -0.15) is 0 Å². The lowest BCUT2D eigenvalue weighted by molar-refractivity contribution is -0.125. The number of benzene rings is 1. The number of nitrogens with zero attached hydrogens (tertiary/aromatic N) is 1. The van der Waals surface area contributed by atoms with Gasteiger partial charge in [0.1, 0.15) is 6.04 Å². The zero-order valence-electron chi connectivity index (χ0n) is 14.6. The first-order valence-corrected chi connectivity index (χ1v) is 9.72. The van der Waals surface area contributed by atoms with Crippen LogP contribution in [0.25, 0.3) is 0 Å². The summed E-state index contributed by atoms with van der Waals surface area (Å²) in [5.74, 6) is 0.905. The molecule has 1 aromatic rings. The highest BCUT2D eigenvalue weighted by Gasteiger charge is 2.41. The quantitative estimate of drug-likeness (QED) is 0.860. The van der Waals surface area contributed by atoms with Crippen molar-refractivity contribution < 1.29 is 9.59 Å². The van der Waals surface area contributed by atoms with Gasteiger partial charge >= 0.3 is 0 Å². The van der Waals surface area contributed by atoms with Crippen LogP contribution in [0.4, 0.5) is 0 Å². The van der Waals surface area contributed by atoms with E-state index in [2.05, 4.69) is 19.2 Å². The van der Waals surface area contributed by atoms with Crippen LogP contribution in [0.5, 0.6) is 0 Å². The molecule has 132 valence electrons. The van der Waals surface area contributed by atoms with Gasteiger partial charge in [0.25, 0.3) is 5.91 Å². The highest BCUT2D eigenvalue weighted by Crippen LogP contribution is 2.34. The Morgan fingerprint density at radius 3 is 2.42 bits per heavy atom. The third-order valence-electron chi connectivity index (χ3n) is 3.82. The van der Waals surface area contributed by atoms with Crippen molar-refractivity contribution in [2.45, 2.75) is 51.6 Å². The van der Waals surface area contributed by atoms with Gasteiger partial charge in [-0.25, -0.2) is 0 Å². The fourth-order valence-electron chi connectivity index (χ4n) is 2.74. The maximum absolute atomic E-state index is 13.0. The predicted octanol–water partition coefficient (Wildman–Crippen LogP) is 3.79. The van der Waals surface area contributed by atoms with Gasteiger partial charge in [0.05, 0.1) is 5.37 Å². The SMILES string of the molecule is CC(C)CC1SCC(C(=O)NC(C)C)N1C(=O)c1ccc(Cl)cc1. The van der Waals surface area contributed by atoms with E-state index in [4.69, 9.17) is 11.6 Å². The highest BCUT2D eigenvalue weighted by molar-refractivity contribution is 8.00. The molecule has 1 aliphatic rings. The van der Waals surface area contributed by atoms with Crippen LogP contribution in [0.15, 0.2) is 24.3 Å². The van der Waals surface area contributed by atoms with E-state index >= 15 is 0 Å². The molecule has 1 heterocycles. The molecule has 0 aliphatic carbocycles. The average molecular weight is 369 g/mol. The standard InChI is InChI=1S/C18H25ClN2O2S/c1-11(2)9-16-21(15(10-24-16)17(22)20-12(3)4)18(23)13-5-7-14(19)8-6-13/h5-8,11-12,15-16H,9-10H2,1-4H3,(H,20,22). The van der Waals surface area contributed by atoms with Crippen LogP contribution in [0.2, 0.25) is 5.02 Å². The summed E-state index contributed by atoms with van der Waals surface area (Å²) in [6, 6.07) is 6.48. The van der Waals surface area contributed by atoms with E-state index in [0.717, 1.165) is 6.42 Å². The van der Waals surface area contributed by atoms with Crippen LogP contribution in [0, 0.1) is 5.92 Å². The summed E-state index contributed by atoms with van der Waals surface area (Å²) in [6.07, 6.45) is 0.870. The lowest BCUT2D eigenvalue weighted by Gasteiger charge is -2.30. The number of rotatable bonds is 5. The lowest BCUT2D eigenvalue weighted by atomic mass is 10.1.